The maximum absolute atomic E-state index is 14.1. The quantitative estimate of drug-likeness (QED) is 0.872. The summed E-state index contributed by atoms with van der Waals surface area (Å²) in [5.74, 6) is 0.628. The number of hydrogen-bond acceptors (Lipinski definition) is 5. The minimum absolute atomic E-state index is 0.0725. The van der Waals surface area contributed by atoms with Crippen LogP contribution in [0.5, 0.6) is 0 Å². The Hall–Kier alpha value is -2.02. The van der Waals surface area contributed by atoms with Crippen molar-refractivity contribution in [2.24, 2.45) is 5.92 Å². The summed E-state index contributed by atoms with van der Waals surface area (Å²) in [6.07, 6.45) is 3.36. The van der Waals surface area contributed by atoms with Gasteiger partial charge in [-0.15, -0.1) is 5.10 Å². The maximum Gasteiger partial charge on any atom is 0.185 e. The van der Waals surface area contributed by atoms with Gasteiger partial charge in [-0.05, 0) is 53.8 Å². The van der Waals surface area contributed by atoms with Crippen molar-refractivity contribution < 1.29 is 9.13 Å². The van der Waals surface area contributed by atoms with Gasteiger partial charge in [0.05, 0.1) is 17.7 Å². The first-order valence-electron chi connectivity index (χ1n) is 7.19. The Morgan fingerprint density at radius 2 is 2.14 bits per heavy atom. The molecule has 4 rings (SSSR count). The summed E-state index contributed by atoms with van der Waals surface area (Å²) in [5, 5.41) is 11.8. The van der Waals surface area contributed by atoms with Crippen LogP contribution in [-0.2, 0) is 4.74 Å². The monoisotopic (exact) mass is 289 g/mol. The number of nitrogen functional groups attached to an aromatic ring is 1. The van der Waals surface area contributed by atoms with E-state index in [0.717, 1.165) is 6.42 Å². The van der Waals surface area contributed by atoms with Gasteiger partial charge in [-0.1, -0.05) is 0 Å². The van der Waals surface area contributed by atoms with E-state index in [9.17, 15) is 4.39 Å². The first kappa shape index (κ1) is 12.7. The fraction of sp³-hybridized carbons (Fsp3) is 0.500. The van der Waals surface area contributed by atoms with E-state index in [1.807, 2.05) is 0 Å². The number of hydrogen-bond donors (Lipinski definition) is 1. The minimum Gasteiger partial charge on any atom is -0.399 e. The van der Waals surface area contributed by atoms with Crippen LogP contribution >= 0.6 is 0 Å². The van der Waals surface area contributed by atoms with Gasteiger partial charge in [0.2, 0.25) is 0 Å². The van der Waals surface area contributed by atoms with Crippen LogP contribution in [0.15, 0.2) is 18.2 Å². The van der Waals surface area contributed by atoms with E-state index in [2.05, 4.69) is 15.5 Å². The Balaban J connectivity index is 1.75. The van der Waals surface area contributed by atoms with Gasteiger partial charge in [-0.25, -0.2) is 9.07 Å². The van der Waals surface area contributed by atoms with Crippen LogP contribution in [-0.4, -0.2) is 32.9 Å². The number of nitrogens with two attached hydrogens (primary N) is 1. The number of aromatic nitrogens is 4. The van der Waals surface area contributed by atoms with Crippen molar-refractivity contribution in [1.29, 1.82) is 0 Å². The molecule has 0 radical (unpaired) electrons. The average molecular weight is 289 g/mol. The van der Waals surface area contributed by atoms with E-state index in [4.69, 9.17) is 10.5 Å². The van der Waals surface area contributed by atoms with E-state index >= 15 is 0 Å². The van der Waals surface area contributed by atoms with E-state index < -0.39 is 0 Å². The number of anilines is 1. The Kier molecular flexibility index (Phi) is 2.88. The van der Waals surface area contributed by atoms with Crippen LogP contribution in [0.4, 0.5) is 10.1 Å². The molecule has 1 saturated heterocycles. The van der Waals surface area contributed by atoms with Gasteiger partial charge < -0.3 is 10.5 Å². The number of halogens is 1. The molecule has 0 amide bonds. The molecule has 2 unspecified atom stereocenters. The SMILES string of the molecule is Nc1ccc(F)c(-c2nnnn2C2CCOC2C2CC2)c1. The molecule has 1 saturated carbocycles. The highest BCUT2D eigenvalue weighted by Crippen LogP contribution is 2.44. The molecule has 7 heteroatoms. The van der Waals surface area contributed by atoms with Crippen molar-refractivity contribution in [2.75, 3.05) is 12.3 Å². The predicted octanol–water partition coefficient (Wildman–Crippen LogP) is 1.80. The van der Waals surface area contributed by atoms with Gasteiger partial charge in [-0.3, -0.25) is 0 Å². The Bertz CT molecular complexity index is 669. The van der Waals surface area contributed by atoms with E-state index in [1.165, 1.54) is 25.0 Å². The van der Waals surface area contributed by atoms with E-state index in [-0.39, 0.29) is 18.0 Å². The molecule has 2 atom stereocenters. The lowest BCUT2D eigenvalue weighted by atomic mass is 10.1. The summed E-state index contributed by atoms with van der Waals surface area (Å²) in [4.78, 5) is 0. The molecule has 1 aliphatic carbocycles. The largest absolute Gasteiger partial charge is 0.399 e. The number of rotatable bonds is 3. The van der Waals surface area contributed by atoms with Crippen LogP contribution < -0.4 is 5.73 Å². The molecule has 0 bridgehead atoms. The fourth-order valence-corrected chi connectivity index (χ4v) is 3.05. The standard InChI is InChI=1S/C14H16FN5O/c15-11-4-3-9(16)7-10(11)14-17-18-19-20(14)12-5-6-21-13(12)8-1-2-8/h3-4,7-8,12-13H,1-2,5-6,16H2. The summed E-state index contributed by atoms with van der Waals surface area (Å²) in [5.41, 5.74) is 6.58. The summed E-state index contributed by atoms with van der Waals surface area (Å²) in [6.45, 7) is 0.699. The third kappa shape index (κ3) is 2.17. The highest BCUT2D eigenvalue weighted by atomic mass is 19.1. The Morgan fingerprint density at radius 1 is 1.29 bits per heavy atom. The molecule has 2 fully saturated rings. The third-order valence-electron chi connectivity index (χ3n) is 4.23. The number of tetrazole rings is 1. The molecular formula is C14H16FN5O. The molecule has 2 N–H and O–H groups in total. The molecule has 2 heterocycles. The Morgan fingerprint density at radius 3 is 2.95 bits per heavy atom. The van der Waals surface area contributed by atoms with E-state index in [1.54, 1.807) is 10.7 Å². The van der Waals surface area contributed by atoms with E-state index in [0.29, 0.717) is 29.6 Å². The van der Waals surface area contributed by atoms with Crippen LogP contribution in [0, 0.1) is 11.7 Å². The number of benzene rings is 1. The van der Waals surface area contributed by atoms with Gasteiger partial charge >= 0.3 is 0 Å². The second kappa shape index (κ2) is 4.77. The number of nitrogens with zero attached hydrogens (tertiary/aromatic N) is 4. The summed E-state index contributed by atoms with van der Waals surface area (Å²) in [7, 11) is 0. The van der Waals surface area contributed by atoms with Gasteiger partial charge in [0.1, 0.15) is 5.82 Å². The van der Waals surface area contributed by atoms with Crippen molar-refractivity contribution in [2.45, 2.75) is 31.4 Å². The third-order valence-corrected chi connectivity index (χ3v) is 4.23. The first-order chi connectivity index (χ1) is 10.2. The molecule has 21 heavy (non-hydrogen) atoms. The maximum atomic E-state index is 14.1. The van der Waals surface area contributed by atoms with Crippen molar-refractivity contribution in [3.8, 4) is 11.4 Å². The highest BCUT2D eigenvalue weighted by molar-refractivity contribution is 5.61. The molecule has 2 aliphatic rings. The lowest BCUT2D eigenvalue weighted by molar-refractivity contribution is 0.0725. The molecule has 1 aromatic carbocycles. The van der Waals surface area contributed by atoms with Crippen molar-refractivity contribution >= 4 is 5.69 Å². The number of ether oxygens (including phenoxy) is 1. The summed E-state index contributed by atoms with van der Waals surface area (Å²) < 4.78 is 21.6. The fourth-order valence-electron chi connectivity index (χ4n) is 3.05. The first-order valence-corrected chi connectivity index (χ1v) is 7.19. The Labute approximate surface area is 121 Å². The van der Waals surface area contributed by atoms with Crippen LogP contribution in [0.2, 0.25) is 0 Å². The van der Waals surface area contributed by atoms with Crippen molar-refractivity contribution in [3.05, 3.63) is 24.0 Å². The van der Waals surface area contributed by atoms with Crippen LogP contribution in [0.1, 0.15) is 25.3 Å². The molecule has 0 spiro atoms. The van der Waals surface area contributed by atoms with Crippen LogP contribution in [0.3, 0.4) is 0 Å². The molecular weight excluding hydrogens is 273 g/mol. The second-order valence-electron chi connectivity index (χ2n) is 5.72. The average Bonchev–Trinajstić information content (AvgIpc) is 3.02. The lowest BCUT2D eigenvalue weighted by Crippen LogP contribution is -2.24. The lowest BCUT2D eigenvalue weighted by Gasteiger charge is -2.19. The van der Waals surface area contributed by atoms with Crippen molar-refractivity contribution in [1.82, 2.24) is 20.2 Å². The van der Waals surface area contributed by atoms with Gasteiger partial charge in [-0.2, -0.15) is 0 Å². The zero-order chi connectivity index (χ0) is 14.4. The van der Waals surface area contributed by atoms with Gasteiger partial charge in [0.25, 0.3) is 0 Å². The predicted molar refractivity (Wildman–Crippen MR) is 73.7 cm³/mol. The highest BCUT2D eigenvalue weighted by Gasteiger charge is 2.43. The summed E-state index contributed by atoms with van der Waals surface area (Å²) >= 11 is 0. The van der Waals surface area contributed by atoms with Gasteiger partial charge in [0, 0.05) is 12.3 Å². The smallest absolute Gasteiger partial charge is 0.185 e. The second-order valence-corrected chi connectivity index (χ2v) is 5.72. The molecule has 110 valence electrons. The molecule has 1 aromatic heterocycles. The summed E-state index contributed by atoms with van der Waals surface area (Å²) in [6, 6.07) is 4.51. The zero-order valence-corrected chi connectivity index (χ0v) is 11.4. The zero-order valence-electron chi connectivity index (χ0n) is 11.4. The molecule has 6 nitrogen and oxygen atoms in total. The normalized spacial score (nSPS) is 25.4. The molecule has 1 aliphatic heterocycles. The van der Waals surface area contributed by atoms with Crippen molar-refractivity contribution in [3.63, 3.8) is 0 Å². The minimum atomic E-state index is -0.373. The topological polar surface area (TPSA) is 78.9 Å². The van der Waals surface area contributed by atoms with Gasteiger partial charge in [0.15, 0.2) is 5.82 Å². The molecule has 2 aromatic rings. The van der Waals surface area contributed by atoms with Crippen LogP contribution in [0.25, 0.3) is 11.4 Å².